The first-order valence-electron chi connectivity index (χ1n) is 7.41. The van der Waals surface area contributed by atoms with Crippen LogP contribution >= 0.6 is 11.3 Å². The maximum Gasteiger partial charge on any atom is 0.320 e. The van der Waals surface area contributed by atoms with E-state index in [1.54, 1.807) is 11.3 Å². The number of thiophene rings is 1. The third-order valence-electron chi connectivity index (χ3n) is 3.81. The van der Waals surface area contributed by atoms with Crippen LogP contribution in [0.25, 0.3) is 0 Å². The highest BCUT2D eigenvalue weighted by atomic mass is 32.1. The molecule has 1 aromatic carbocycles. The van der Waals surface area contributed by atoms with E-state index < -0.39 is 0 Å². The number of urea groups is 1. The molecule has 4 nitrogen and oxygen atoms in total. The zero-order valence-corrected chi connectivity index (χ0v) is 13.0. The summed E-state index contributed by atoms with van der Waals surface area (Å²) in [6.45, 7) is 0.472. The fourth-order valence-electron chi connectivity index (χ4n) is 2.70. The molecule has 2 aromatic rings. The predicted molar refractivity (Wildman–Crippen MR) is 88.0 cm³/mol. The average molecular weight is 311 g/mol. The summed E-state index contributed by atoms with van der Waals surface area (Å²) in [5, 5.41) is 15.7. The zero-order valence-electron chi connectivity index (χ0n) is 12.2. The molecule has 0 spiro atoms. The number of amides is 2. The maximum absolute atomic E-state index is 12.0. The lowest BCUT2D eigenvalue weighted by Gasteiger charge is -2.09. The number of hydrogen-bond acceptors (Lipinski definition) is 3. The van der Waals surface area contributed by atoms with E-state index in [9.17, 15) is 10.1 Å². The molecular weight excluding hydrogens is 294 g/mol. The topological polar surface area (TPSA) is 64.9 Å². The normalized spacial score (nSPS) is 13.0. The monoisotopic (exact) mass is 311 g/mol. The van der Waals surface area contributed by atoms with E-state index in [-0.39, 0.29) is 6.03 Å². The Morgan fingerprint density at radius 1 is 1.23 bits per heavy atom. The minimum Gasteiger partial charge on any atom is -0.334 e. The first kappa shape index (κ1) is 14.6. The van der Waals surface area contributed by atoms with Crippen LogP contribution in [0.3, 0.4) is 0 Å². The van der Waals surface area contributed by atoms with Crippen LogP contribution in [-0.2, 0) is 19.4 Å². The quantitative estimate of drug-likeness (QED) is 0.905. The van der Waals surface area contributed by atoms with Gasteiger partial charge in [-0.05, 0) is 36.8 Å². The number of anilines is 1. The van der Waals surface area contributed by atoms with Crippen molar-refractivity contribution in [1.29, 1.82) is 5.26 Å². The molecule has 2 amide bonds. The van der Waals surface area contributed by atoms with Gasteiger partial charge in [0.05, 0.1) is 5.56 Å². The average Bonchev–Trinajstić information content (AvgIpc) is 2.91. The van der Waals surface area contributed by atoms with E-state index >= 15 is 0 Å². The molecule has 0 bridgehead atoms. The van der Waals surface area contributed by atoms with Gasteiger partial charge in [-0.1, -0.05) is 30.3 Å². The number of nitriles is 1. The van der Waals surface area contributed by atoms with E-state index in [0.717, 1.165) is 36.8 Å². The van der Waals surface area contributed by atoms with Crippen molar-refractivity contribution in [2.75, 3.05) is 5.32 Å². The molecule has 1 aliphatic carbocycles. The Morgan fingerprint density at radius 2 is 2.00 bits per heavy atom. The van der Waals surface area contributed by atoms with E-state index in [0.29, 0.717) is 17.1 Å². The highest BCUT2D eigenvalue weighted by Crippen LogP contribution is 2.37. The van der Waals surface area contributed by atoms with Crippen LogP contribution in [0.1, 0.15) is 34.4 Å². The van der Waals surface area contributed by atoms with Gasteiger partial charge in [-0.25, -0.2) is 4.79 Å². The van der Waals surface area contributed by atoms with Crippen LogP contribution in [0.2, 0.25) is 0 Å². The molecular formula is C17H17N3OS. The lowest BCUT2D eigenvalue weighted by Crippen LogP contribution is -2.28. The van der Waals surface area contributed by atoms with Gasteiger partial charge in [0.1, 0.15) is 11.1 Å². The van der Waals surface area contributed by atoms with Crippen molar-refractivity contribution in [1.82, 2.24) is 5.32 Å². The Kier molecular flexibility index (Phi) is 4.40. The van der Waals surface area contributed by atoms with Crippen molar-refractivity contribution in [3.05, 3.63) is 51.9 Å². The van der Waals surface area contributed by atoms with E-state index in [4.69, 9.17) is 0 Å². The van der Waals surface area contributed by atoms with Crippen LogP contribution in [0.4, 0.5) is 9.80 Å². The number of nitrogens with one attached hydrogen (secondary N) is 2. The number of hydrogen-bond donors (Lipinski definition) is 2. The number of aryl methyl sites for hydroxylation is 1. The van der Waals surface area contributed by atoms with Gasteiger partial charge >= 0.3 is 6.03 Å². The standard InChI is InChI=1S/C17H17N3OS/c18-10-14-13-8-4-5-9-15(13)22-16(14)20-17(21)19-11-12-6-2-1-3-7-12/h1-3,6-7H,4-5,8-9,11H2,(H2,19,20,21). The first-order chi connectivity index (χ1) is 10.8. The molecule has 2 N–H and O–H groups in total. The van der Waals surface area contributed by atoms with Crippen LogP contribution in [0.5, 0.6) is 0 Å². The van der Waals surface area contributed by atoms with E-state index in [1.807, 2.05) is 30.3 Å². The molecule has 0 atom stereocenters. The summed E-state index contributed by atoms with van der Waals surface area (Å²) in [4.78, 5) is 13.3. The second-order valence-electron chi connectivity index (χ2n) is 5.32. The molecule has 112 valence electrons. The molecule has 22 heavy (non-hydrogen) atoms. The smallest absolute Gasteiger partial charge is 0.320 e. The minimum absolute atomic E-state index is 0.265. The summed E-state index contributed by atoms with van der Waals surface area (Å²) in [6, 6.07) is 11.7. The van der Waals surface area contributed by atoms with Crippen molar-refractivity contribution in [3.8, 4) is 6.07 Å². The Morgan fingerprint density at radius 3 is 2.77 bits per heavy atom. The summed E-state index contributed by atoms with van der Waals surface area (Å²) in [5.74, 6) is 0. The second-order valence-corrected chi connectivity index (χ2v) is 6.43. The molecule has 1 aromatic heterocycles. The molecule has 1 heterocycles. The van der Waals surface area contributed by atoms with Gasteiger partial charge in [0.25, 0.3) is 0 Å². The van der Waals surface area contributed by atoms with Gasteiger partial charge in [0.15, 0.2) is 0 Å². The maximum atomic E-state index is 12.0. The van der Waals surface area contributed by atoms with Gasteiger partial charge in [-0.3, -0.25) is 5.32 Å². The lowest BCUT2D eigenvalue weighted by atomic mass is 9.96. The molecule has 0 aliphatic heterocycles. The number of carbonyl (C=O) groups excluding carboxylic acids is 1. The molecule has 1 aliphatic rings. The van der Waals surface area contributed by atoms with Crippen molar-refractivity contribution in [2.24, 2.45) is 0 Å². The summed E-state index contributed by atoms with van der Waals surface area (Å²) in [5.41, 5.74) is 2.83. The van der Waals surface area contributed by atoms with E-state index in [2.05, 4.69) is 16.7 Å². The summed E-state index contributed by atoms with van der Waals surface area (Å²) in [7, 11) is 0. The Hall–Kier alpha value is -2.32. The highest BCUT2D eigenvalue weighted by Gasteiger charge is 2.21. The first-order valence-corrected chi connectivity index (χ1v) is 8.23. The summed E-state index contributed by atoms with van der Waals surface area (Å²) < 4.78 is 0. The highest BCUT2D eigenvalue weighted by molar-refractivity contribution is 7.16. The summed E-state index contributed by atoms with van der Waals surface area (Å²) >= 11 is 1.54. The lowest BCUT2D eigenvalue weighted by molar-refractivity contribution is 0.252. The molecule has 0 saturated heterocycles. The molecule has 0 unspecified atom stereocenters. The molecule has 0 radical (unpaired) electrons. The van der Waals surface area contributed by atoms with Gasteiger partial charge in [0, 0.05) is 11.4 Å². The predicted octanol–water partition coefficient (Wildman–Crippen LogP) is 3.82. The molecule has 0 fully saturated rings. The van der Waals surface area contributed by atoms with Crippen molar-refractivity contribution in [2.45, 2.75) is 32.2 Å². The fraction of sp³-hybridized carbons (Fsp3) is 0.294. The Bertz CT molecular complexity index is 715. The molecule has 5 heteroatoms. The van der Waals surface area contributed by atoms with Gasteiger partial charge in [-0.2, -0.15) is 5.26 Å². The Labute approximate surface area is 133 Å². The largest absolute Gasteiger partial charge is 0.334 e. The zero-order chi connectivity index (χ0) is 15.4. The van der Waals surface area contributed by atoms with Crippen molar-refractivity contribution < 1.29 is 4.79 Å². The van der Waals surface area contributed by atoms with Gasteiger partial charge < -0.3 is 5.32 Å². The number of rotatable bonds is 3. The SMILES string of the molecule is N#Cc1c(NC(=O)NCc2ccccc2)sc2c1CCCC2. The Balaban J connectivity index is 1.67. The van der Waals surface area contributed by atoms with Crippen LogP contribution < -0.4 is 10.6 Å². The third kappa shape index (κ3) is 3.12. The minimum atomic E-state index is -0.265. The number of carbonyl (C=O) groups is 1. The number of benzene rings is 1. The molecule has 3 rings (SSSR count). The van der Waals surface area contributed by atoms with Crippen LogP contribution in [0.15, 0.2) is 30.3 Å². The number of nitrogens with zero attached hydrogens (tertiary/aromatic N) is 1. The van der Waals surface area contributed by atoms with Gasteiger partial charge in [0.2, 0.25) is 0 Å². The third-order valence-corrected chi connectivity index (χ3v) is 5.01. The fourth-order valence-corrected chi connectivity index (χ4v) is 3.93. The van der Waals surface area contributed by atoms with Gasteiger partial charge in [-0.15, -0.1) is 11.3 Å². The van der Waals surface area contributed by atoms with Crippen LogP contribution in [0, 0.1) is 11.3 Å². The summed E-state index contributed by atoms with van der Waals surface area (Å²) in [6.07, 6.45) is 4.25. The number of fused-ring (bicyclic) bond motifs is 1. The molecule has 0 saturated carbocycles. The van der Waals surface area contributed by atoms with Crippen molar-refractivity contribution in [3.63, 3.8) is 0 Å². The second kappa shape index (κ2) is 6.63. The van der Waals surface area contributed by atoms with Crippen molar-refractivity contribution >= 4 is 22.4 Å². The van der Waals surface area contributed by atoms with E-state index in [1.165, 1.54) is 4.88 Å². The van der Waals surface area contributed by atoms with Crippen LogP contribution in [-0.4, -0.2) is 6.03 Å².